The fraction of sp³-hybridized carbons (Fsp3) is 0.238. The van der Waals surface area contributed by atoms with Crippen LogP contribution in [0.5, 0.6) is 11.5 Å². The SMILES string of the molecule is COc1ccc(Cl)cc1Nc1cc(C)nc(Nc2ccc(OC(C)C)cc2)n1. The van der Waals surface area contributed by atoms with Gasteiger partial charge in [0.1, 0.15) is 17.3 Å². The molecule has 0 amide bonds. The summed E-state index contributed by atoms with van der Waals surface area (Å²) in [6.45, 7) is 5.90. The van der Waals surface area contributed by atoms with E-state index in [0.717, 1.165) is 22.8 Å². The second kappa shape index (κ2) is 8.80. The number of ether oxygens (including phenoxy) is 2. The Hall–Kier alpha value is -2.99. The van der Waals surface area contributed by atoms with Gasteiger partial charge in [0.15, 0.2) is 0 Å². The van der Waals surface area contributed by atoms with Crippen molar-refractivity contribution >= 4 is 34.7 Å². The maximum atomic E-state index is 6.10. The Bertz CT molecular complexity index is 946. The smallest absolute Gasteiger partial charge is 0.229 e. The highest BCUT2D eigenvalue weighted by Gasteiger charge is 2.08. The topological polar surface area (TPSA) is 68.3 Å². The Morgan fingerprint density at radius 3 is 2.39 bits per heavy atom. The van der Waals surface area contributed by atoms with Gasteiger partial charge in [-0.1, -0.05) is 11.6 Å². The van der Waals surface area contributed by atoms with Crippen LogP contribution in [0.1, 0.15) is 19.5 Å². The summed E-state index contributed by atoms with van der Waals surface area (Å²) in [5, 5.41) is 7.07. The van der Waals surface area contributed by atoms with Crippen LogP contribution in [-0.2, 0) is 0 Å². The van der Waals surface area contributed by atoms with Crippen molar-refractivity contribution < 1.29 is 9.47 Å². The van der Waals surface area contributed by atoms with Gasteiger partial charge in [0, 0.05) is 22.5 Å². The number of methoxy groups -OCH3 is 1. The molecule has 28 heavy (non-hydrogen) atoms. The normalized spacial score (nSPS) is 10.6. The monoisotopic (exact) mass is 398 g/mol. The molecule has 0 fully saturated rings. The van der Waals surface area contributed by atoms with E-state index < -0.39 is 0 Å². The zero-order valence-corrected chi connectivity index (χ0v) is 17.0. The molecule has 0 saturated carbocycles. The number of benzene rings is 2. The van der Waals surface area contributed by atoms with E-state index in [4.69, 9.17) is 21.1 Å². The maximum Gasteiger partial charge on any atom is 0.229 e. The van der Waals surface area contributed by atoms with Gasteiger partial charge < -0.3 is 20.1 Å². The number of anilines is 4. The van der Waals surface area contributed by atoms with E-state index in [-0.39, 0.29) is 6.10 Å². The van der Waals surface area contributed by atoms with Crippen LogP contribution in [0.25, 0.3) is 0 Å². The first-order valence-electron chi connectivity index (χ1n) is 8.93. The third-order valence-corrected chi connectivity index (χ3v) is 4.00. The molecule has 0 aliphatic heterocycles. The summed E-state index contributed by atoms with van der Waals surface area (Å²) in [6, 6.07) is 14.9. The van der Waals surface area contributed by atoms with Crippen LogP contribution in [0.4, 0.5) is 23.1 Å². The molecular formula is C21H23ClN4O2. The van der Waals surface area contributed by atoms with Crippen LogP contribution >= 0.6 is 11.6 Å². The molecule has 3 aromatic rings. The van der Waals surface area contributed by atoms with Crippen LogP contribution in [-0.4, -0.2) is 23.2 Å². The van der Waals surface area contributed by atoms with Gasteiger partial charge in [-0.15, -0.1) is 0 Å². The Labute approximate surface area is 169 Å². The van der Waals surface area contributed by atoms with Gasteiger partial charge in [-0.25, -0.2) is 4.98 Å². The van der Waals surface area contributed by atoms with Crippen LogP contribution in [0.2, 0.25) is 5.02 Å². The number of aromatic nitrogens is 2. The summed E-state index contributed by atoms with van der Waals surface area (Å²) < 4.78 is 11.0. The number of halogens is 1. The van der Waals surface area contributed by atoms with Crippen molar-refractivity contribution in [2.45, 2.75) is 26.9 Å². The Balaban J connectivity index is 1.79. The predicted octanol–water partition coefficient (Wildman–Crippen LogP) is 5.72. The third-order valence-electron chi connectivity index (χ3n) is 3.76. The van der Waals surface area contributed by atoms with Crippen LogP contribution in [0.3, 0.4) is 0 Å². The lowest BCUT2D eigenvalue weighted by Gasteiger charge is -2.13. The standard InChI is InChI=1S/C21H23ClN4O2/c1-13(2)28-17-8-6-16(7-9-17)24-21-23-14(3)11-20(26-21)25-18-12-15(22)5-10-19(18)27-4/h5-13H,1-4H3,(H2,23,24,25,26). The van der Waals surface area contributed by atoms with Crippen molar-refractivity contribution in [2.75, 3.05) is 17.7 Å². The molecule has 0 unspecified atom stereocenters. The fourth-order valence-electron chi connectivity index (χ4n) is 2.62. The predicted molar refractivity (Wildman–Crippen MR) is 114 cm³/mol. The number of hydrogen-bond donors (Lipinski definition) is 2. The highest BCUT2D eigenvalue weighted by Crippen LogP contribution is 2.30. The number of aryl methyl sites for hydroxylation is 1. The van der Waals surface area contributed by atoms with Gasteiger partial charge in [0.05, 0.1) is 18.9 Å². The zero-order chi connectivity index (χ0) is 20.1. The highest BCUT2D eigenvalue weighted by molar-refractivity contribution is 6.31. The molecule has 0 radical (unpaired) electrons. The summed E-state index contributed by atoms with van der Waals surface area (Å²) in [4.78, 5) is 8.99. The van der Waals surface area contributed by atoms with Crippen molar-refractivity contribution in [3.8, 4) is 11.5 Å². The maximum absolute atomic E-state index is 6.10. The van der Waals surface area contributed by atoms with Crippen molar-refractivity contribution in [2.24, 2.45) is 0 Å². The first-order valence-corrected chi connectivity index (χ1v) is 9.31. The van der Waals surface area contributed by atoms with E-state index in [1.54, 1.807) is 25.3 Å². The van der Waals surface area contributed by atoms with Gasteiger partial charge in [0.25, 0.3) is 0 Å². The molecule has 1 heterocycles. The quantitative estimate of drug-likeness (QED) is 0.530. The zero-order valence-electron chi connectivity index (χ0n) is 16.3. The van der Waals surface area contributed by atoms with Crippen LogP contribution < -0.4 is 20.1 Å². The molecule has 3 rings (SSSR count). The lowest BCUT2D eigenvalue weighted by Crippen LogP contribution is -2.05. The number of hydrogen-bond acceptors (Lipinski definition) is 6. The van der Waals surface area contributed by atoms with E-state index in [9.17, 15) is 0 Å². The summed E-state index contributed by atoms with van der Waals surface area (Å²) in [5.74, 6) is 2.62. The molecule has 0 aliphatic rings. The van der Waals surface area contributed by atoms with Gasteiger partial charge in [-0.2, -0.15) is 4.98 Å². The highest BCUT2D eigenvalue weighted by atomic mass is 35.5. The molecule has 0 aliphatic carbocycles. The molecule has 2 N–H and O–H groups in total. The van der Waals surface area contributed by atoms with E-state index in [1.165, 1.54) is 0 Å². The van der Waals surface area contributed by atoms with Crippen LogP contribution in [0, 0.1) is 6.92 Å². The average molecular weight is 399 g/mol. The summed E-state index contributed by atoms with van der Waals surface area (Å²) >= 11 is 6.10. The molecule has 2 aromatic carbocycles. The van der Waals surface area contributed by atoms with E-state index in [1.807, 2.05) is 51.1 Å². The number of nitrogens with one attached hydrogen (secondary N) is 2. The van der Waals surface area contributed by atoms with Crippen molar-refractivity contribution in [1.29, 1.82) is 0 Å². The Kier molecular flexibility index (Phi) is 6.21. The molecule has 0 saturated heterocycles. The second-order valence-corrected chi connectivity index (χ2v) is 6.94. The van der Waals surface area contributed by atoms with Crippen molar-refractivity contribution in [1.82, 2.24) is 9.97 Å². The van der Waals surface area contributed by atoms with Gasteiger partial charge in [-0.05, 0) is 63.2 Å². The Morgan fingerprint density at radius 2 is 1.71 bits per heavy atom. The fourth-order valence-corrected chi connectivity index (χ4v) is 2.79. The first kappa shape index (κ1) is 19.8. The molecule has 146 valence electrons. The molecule has 6 nitrogen and oxygen atoms in total. The summed E-state index contributed by atoms with van der Waals surface area (Å²) in [6.07, 6.45) is 0.135. The first-order chi connectivity index (χ1) is 13.4. The molecule has 7 heteroatoms. The lowest BCUT2D eigenvalue weighted by molar-refractivity contribution is 0.242. The third kappa shape index (κ3) is 5.27. The number of rotatable bonds is 7. The molecule has 1 aromatic heterocycles. The Morgan fingerprint density at radius 1 is 0.964 bits per heavy atom. The van der Waals surface area contributed by atoms with E-state index in [2.05, 4.69) is 20.6 Å². The van der Waals surface area contributed by atoms with Crippen molar-refractivity contribution in [3.63, 3.8) is 0 Å². The average Bonchev–Trinajstić information content (AvgIpc) is 2.63. The van der Waals surface area contributed by atoms with E-state index in [0.29, 0.717) is 22.5 Å². The molecule has 0 spiro atoms. The lowest BCUT2D eigenvalue weighted by atomic mass is 10.3. The molecular weight excluding hydrogens is 376 g/mol. The van der Waals surface area contributed by atoms with Crippen molar-refractivity contribution in [3.05, 3.63) is 59.2 Å². The van der Waals surface area contributed by atoms with Gasteiger partial charge in [-0.3, -0.25) is 0 Å². The minimum absolute atomic E-state index is 0.135. The minimum Gasteiger partial charge on any atom is -0.495 e. The van der Waals surface area contributed by atoms with Gasteiger partial charge in [0.2, 0.25) is 5.95 Å². The summed E-state index contributed by atoms with van der Waals surface area (Å²) in [7, 11) is 1.61. The van der Waals surface area contributed by atoms with Gasteiger partial charge >= 0.3 is 0 Å². The largest absolute Gasteiger partial charge is 0.495 e. The van der Waals surface area contributed by atoms with Crippen LogP contribution in [0.15, 0.2) is 48.5 Å². The minimum atomic E-state index is 0.135. The molecule has 0 atom stereocenters. The summed E-state index contributed by atoms with van der Waals surface area (Å²) in [5.41, 5.74) is 2.42. The number of nitrogens with zero attached hydrogens (tertiary/aromatic N) is 2. The molecule has 0 bridgehead atoms. The second-order valence-electron chi connectivity index (χ2n) is 6.50. The van der Waals surface area contributed by atoms with E-state index >= 15 is 0 Å².